The molecule has 1 saturated carbocycles. The number of para-hydroxylation sites is 1. The van der Waals surface area contributed by atoms with Crippen LogP contribution in [0.5, 0.6) is 0 Å². The van der Waals surface area contributed by atoms with Gasteiger partial charge < -0.3 is 15.4 Å². The molecule has 0 aromatic heterocycles. The summed E-state index contributed by atoms with van der Waals surface area (Å²) in [6, 6.07) is 7.61. The van der Waals surface area contributed by atoms with E-state index in [4.69, 9.17) is 4.74 Å². The molecule has 1 aromatic carbocycles. The van der Waals surface area contributed by atoms with Gasteiger partial charge in [0.1, 0.15) is 0 Å². The molecule has 1 fully saturated rings. The third-order valence-corrected chi connectivity index (χ3v) is 6.16. The lowest BCUT2D eigenvalue weighted by Gasteiger charge is -2.29. The standard InChI is InChI=1S/C19H24N2O4S/c1-12-6-2-3-7-13(12)20-17(22)11-25-18(23)10-16-19(24)21-14-8-4-5-9-15(14)26-16/h4-5,8-9,12-13,16H,2-3,6-7,10-11H2,1H3,(H,20,22)(H,21,24)/t12-,13+,16+/m1/s1. The van der Waals surface area contributed by atoms with Gasteiger partial charge in [-0.2, -0.15) is 0 Å². The fourth-order valence-corrected chi connectivity index (χ4v) is 4.46. The first kappa shape index (κ1) is 18.8. The predicted octanol–water partition coefficient (Wildman–Crippen LogP) is 2.73. The van der Waals surface area contributed by atoms with Gasteiger partial charge in [-0.05, 0) is 30.9 Å². The van der Waals surface area contributed by atoms with Gasteiger partial charge in [0.2, 0.25) is 5.91 Å². The minimum atomic E-state index is -0.543. The highest BCUT2D eigenvalue weighted by molar-refractivity contribution is 8.01. The molecule has 6 nitrogen and oxygen atoms in total. The molecule has 0 radical (unpaired) electrons. The first-order valence-corrected chi connectivity index (χ1v) is 9.92. The Kier molecular flexibility index (Phi) is 6.19. The molecular weight excluding hydrogens is 352 g/mol. The van der Waals surface area contributed by atoms with Gasteiger partial charge in [-0.1, -0.05) is 31.9 Å². The summed E-state index contributed by atoms with van der Waals surface area (Å²) in [6.45, 7) is 1.84. The van der Waals surface area contributed by atoms with Crippen LogP contribution in [0.25, 0.3) is 0 Å². The summed E-state index contributed by atoms with van der Waals surface area (Å²) in [5.74, 6) is -0.580. The first-order valence-electron chi connectivity index (χ1n) is 9.04. The van der Waals surface area contributed by atoms with Crippen LogP contribution in [0, 0.1) is 5.92 Å². The zero-order chi connectivity index (χ0) is 18.5. The first-order chi connectivity index (χ1) is 12.5. The van der Waals surface area contributed by atoms with E-state index in [-0.39, 0.29) is 30.9 Å². The Morgan fingerprint density at radius 3 is 2.85 bits per heavy atom. The molecule has 1 aliphatic heterocycles. The third kappa shape index (κ3) is 4.78. The smallest absolute Gasteiger partial charge is 0.307 e. The number of thioether (sulfide) groups is 1. The molecule has 1 aliphatic carbocycles. The van der Waals surface area contributed by atoms with E-state index in [1.807, 2.05) is 24.3 Å². The number of benzene rings is 1. The minimum absolute atomic E-state index is 0.0576. The van der Waals surface area contributed by atoms with Crippen LogP contribution in [-0.2, 0) is 19.1 Å². The largest absolute Gasteiger partial charge is 0.456 e. The highest BCUT2D eigenvalue weighted by atomic mass is 32.2. The molecule has 3 rings (SSSR count). The predicted molar refractivity (Wildman–Crippen MR) is 99.9 cm³/mol. The number of anilines is 1. The number of amides is 2. The molecular formula is C19H24N2O4S. The van der Waals surface area contributed by atoms with Crippen LogP contribution in [-0.4, -0.2) is 35.7 Å². The van der Waals surface area contributed by atoms with E-state index in [0.717, 1.165) is 29.8 Å². The van der Waals surface area contributed by atoms with Crippen LogP contribution in [0.3, 0.4) is 0 Å². The third-order valence-electron chi connectivity index (χ3n) is 4.88. The van der Waals surface area contributed by atoms with Gasteiger partial charge in [-0.3, -0.25) is 14.4 Å². The van der Waals surface area contributed by atoms with Crippen molar-refractivity contribution in [3.63, 3.8) is 0 Å². The van der Waals surface area contributed by atoms with E-state index in [1.165, 1.54) is 18.2 Å². The van der Waals surface area contributed by atoms with E-state index < -0.39 is 11.2 Å². The van der Waals surface area contributed by atoms with Crippen LogP contribution in [0.4, 0.5) is 5.69 Å². The maximum atomic E-state index is 12.1. The van der Waals surface area contributed by atoms with Gasteiger partial charge in [0, 0.05) is 10.9 Å². The number of hydrogen-bond donors (Lipinski definition) is 2. The second kappa shape index (κ2) is 8.58. The van der Waals surface area contributed by atoms with Crippen molar-refractivity contribution in [1.82, 2.24) is 5.32 Å². The number of nitrogens with one attached hydrogen (secondary N) is 2. The van der Waals surface area contributed by atoms with E-state index in [0.29, 0.717) is 5.92 Å². The average molecular weight is 376 g/mol. The van der Waals surface area contributed by atoms with Crippen LogP contribution < -0.4 is 10.6 Å². The topological polar surface area (TPSA) is 84.5 Å². The van der Waals surface area contributed by atoms with Crippen molar-refractivity contribution in [2.24, 2.45) is 5.92 Å². The molecule has 140 valence electrons. The van der Waals surface area contributed by atoms with Crippen LogP contribution >= 0.6 is 11.8 Å². The van der Waals surface area contributed by atoms with Crippen LogP contribution in [0.2, 0.25) is 0 Å². The molecule has 0 spiro atoms. The van der Waals surface area contributed by atoms with Crippen molar-refractivity contribution in [2.75, 3.05) is 11.9 Å². The van der Waals surface area contributed by atoms with E-state index in [2.05, 4.69) is 17.6 Å². The Labute approximate surface area is 157 Å². The van der Waals surface area contributed by atoms with Crippen molar-refractivity contribution >= 4 is 35.2 Å². The molecule has 1 aromatic rings. The summed E-state index contributed by atoms with van der Waals surface area (Å²) in [5, 5.41) is 5.20. The molecule has 1 heterocycles. The molecule has 3 atom stereocenters. The van der Waals surface area contributed by atoms with Gasteiger partial charge in [0.25, 0.3) is 5.91 Å². The maximum Gasteiger partial charge on any atom is 0.307 e. The van der Waals surface area contributed by atoms with Gasteiger partial charge in [0.05, 0.1) is 17.4 Å². The zero-order valence-electron chi connectivity index (χ0n) is 14.8. The van der Waals surface area contributed by atoms with Crippen LogP contribution in [0.15, 0.2) is 29.2 Å². The summed E-state index contributed by atoms with van der Waals surface area (Å²) in [6.07, 6.45) is 4.34. The fraction of sp³-hybridized carbons (Fsp3) is 0.526. The molecule has 2 amide bonds. The van der Waals surface area contributed by atoms with Gasteiger partial charge in [-0.15, -0.1) is 11.8 Å². The summed E-state index contributed by atoms with van der Waals surface area (Å²) < 4.78 is 5.08. The second-order valence-corrected chi connectivity index (χ2v) is 8.14. The van der Waals surface area contributed by atoms with Crippen molar-refractivity contribution in [1.29, 1.82) is 0 Å². The minimum Gasteiger partial charge on any atom is -0.456 e. The number of carbonyl (C=O) groups excluding carboxylic acids is 3. The number of rotatable bonds is 5. The number of hydrogen-bond acceptors (Lipinski definition) is 5. The number of carbonyl (C=O) groups is 3. The summed E-state index contributed by atoms with van der Waals surface area (Å²) in [7, 11) is 0. The highest BCUT2D eigenvalue weighted by Gasteiger charge is 2.30. The zero-order valence-corrected chi connectivity index (χ0v) is 15.6. The summed E-state index contributed by atoms with van der Waals surface area (Å²) in [4.78, 5) is 37.1. The van der Waals surface area contributed by atoms with Crippen molar-refractivity contribution < 1.29 is 19.1 Å². The maximum absolute atomic E-state index is 12.1. The Balaban J connectivity index is 1.44. The van der Waals surface area contributed by atoms with E-state index in [9.17, 15) is 14.4 Å². The SMILES string of the molecule is C[C@@H]1CCCC[C@@H]1NC(=O)COC(=O)C[C@@H]1Sc2ccccc2NC1=O. The monoisotopic (exact) mass is 376 g/mol. The lowest BCUT2D eigenvalue weighted by Crippen LogP contribution is -2.43. The summed E-state index contributed by atoms with van der Waals surface area (Å²) >= 11 is 1.34. The Bertz CT molecular complexity index is 694. The lowest BCUT2D eigenvalue weighted by molar-refractivity contribution is -0.149. The number of fused-ring (bicyclic) bond motifs is 1. The average Bonchev–Trinajstić information content (AvgIpc) is 2.62. The Hall–Kier alpha value is -2.02. The molecule has 0 bridgehead atoms. The number of esters is 1. The van der Waals surface area contributed by atoms with Crippen molar-refractivity contribution in [3.05, 3.63) is 24.3 Å². The summed E-state index contributed by atoms with van der Waals surface area (Å²) in [5.41, 5.74) is 0.757. The second-order valence-electron chi connectivity index (χ2n) is 6.89. The van der Waals surface area contributed by atoms with Gasteiger partial charge in [-0.25, -0.2) is 0 Å². The van der Waals surface area contributed by atoms with Crippen molar-refractivity contribution in [2.45, 2.75) is 55.2 Å². The highest BCUT2D eigenvalue weighted by Crippen LogP contribution is 2.36. The van der Waals surface area contributed by atoms with E-state index >= 15 is 0 Å². The normalized spacial score (nSPS) is 25.0. The van der Waals surface area contributed by atoms with E-state index in [1.54, 1.807) is 0 Å². The molecule has 7 heteroatoms. The molecule has 0 saturated heterocycles. The molecule has 26 heavy (non-hydrogen) atoms. The van der Waals surface area contributed by atoms with Crippen molar-refractivity contribution in [3.8, 4) is 0 Å². The lowest BCUT2D eigenvalue weighted by atomic mass is 9.86. The Morgan fingerprint density at radius 1 is 1.27 bits per heavy atom. The quantitative estimate of drug-likeness (QED) is 0.772. The molecule has 2 aliphatic rings. The molecule has 0 unspecified atom stereocenters. The number of ether oxygens (including phenoxy) is 1. The van der Waals surface area contributed by atoms with Gasteiger partial charge >= 0.3 is 5.97 Å². The molecule has 2 N–H and O–H groups in total. The van der Waals surface area contributed by atoms with Crippen LogP contribution in [0.1, 0.15) is 39.0 Å². The fourth-order valence-electron chi connectivity index (χ4n) is 3.36. The Morgan fingerprint density at radius 2 is 2.04 bits per heavy atom. The van der Waals surface area contributed by atoms with Gasteiger partial charge in [0.15, 0.2) is 6.61 Å².